The fraction of sp³-hybridized carbons (Fsp3) is 0.590. The van der Waals surface area contributed by atoms with Crippen LogP contribution in [0.2, 0.25) is 0 Å². The quantitative estimate of drug-likeness (QED) is 0.0351. The van der Waals surface area contributed by atoms with Crippen molar-refractivity contribution in [3.63, 3.8) is 0 Å². The van der Waals surface area contributed by atoms with Crippen LogP contribution in [0.3, 0.4) is 0 Å². The average Bonchev–Trinajstić information content (AvgIpc) is 3.44. The lowest BCUT2D eigenvalue weighted by atomic mass is 9.92. The van der Waals surface area contributed by atoms with Crippen molar-refractivity contribution in [2.45, 2.75) is 19.4 Å². The van der Waals surface area contributed by atoms with E-state index in [1.807, 2.05) is 30.3 Å². The molecule has 2 aromatic rings. The summed E-state index contributed by atoms with van der Waals surface area (Å²) in [5.41, 5.74) is 9.26. The number of hydrogen-bond acceptors (Lipinski definition) is 14. The van der Waals surface area contributed by atoms with Crippen LogP contribution in [0.25, 0.3) is 16.0 Å². The highest BCUT2D eigenvalue weighted by Crippen LogP contribution is 2.48. The molecule has 0 aliphatic heterocycles. The number of benzene rings is 2. The maximum absolute atomic E-state index is 13.0. The monoisotopic (exact) mass is 788 g/mol. The maximum atomic E-state index is 13.0. The first-order valence-electron chi connectivity index (χ1n) is 18.8. The number of nitrogens with one attached hydrogen (secondary N) is 1. The molecule has 1 aliphatic rings. The number of amides is 1. The van der Waals surface area contributed by atoms with E-state index in [1.165, 1.54) is 0 Å². The lowest BCUT2D eigenvalue weighted by Crippen LogP contribution is -2.32. The number of esters is 1. The fourth-order valence-electron chi connectivity index (χ4n) is 5.41. The Morgan fingerprint density at radius 2 is 1.23 bits per heavy atom. The molecular formula is C39H56N4O13. The number of aliphatic hydroxyl groups is 1. The standard InChI is InChI=1S/C39H56N4O13/c1-3-55-38(45)37-36(31-7-5-4-6-8-31)33-10-9-32(29-34(33)39(37,2)46)56-30-35(44)41-11-13-47-15-17-49-19-21-51-23-25-53-27-28-54-26-24-52-22-20-50-18-16-48-14-12-42-43-40/h4-10,29,46H,3,11-28,30H2,1-2H3,(H,41,44). The molecule has 0 aromatic heterocycles. The van der Waals surface area contributed by atoms with E-state index in [9.17, 15) is 14.7 Å². The summed E-state index contributed by atoms with van der Waals surface area (Å²) in [4.78, 5) is 28.0. The highest BCUT2D eigenvalue weighted by molar-refractivity contribution is 6.07. The first-order valence-corrected chi connectivity index (χ1v) is 18.8. The zero-order valence-corrected chi connectivity index (χ0v) is 32.4. The zero-order valence-electron chi connectivity index (χ0n) is 32.4. The highest BCUT2D eigenvalue weighted by Gasteiger charge is 2.45. The van der Waals surface area contributed by atoms with Gasteiger partial charge < -0.3 is 57.8 Å². The van der Waals surface area contributed by atoms with Gasteiger partial charge in [0.2, 0.25) is 0 Å². The number of fused-ring (bicyclic) bond motifs is 1. The predicted molar refractivity (Wildman–Crippen MR) is 204 cm³/mol. The second kappa shape index (κ2) is 28.3. The van der Waals surface area contributed by atoms with E-state index in [0.717, 1.165) is 5.56 Å². The van der Waals surface area contributed by atoms with Crippen LogP contribution in [0.5, 0.6) is 5.75 Å². The Kier molecular flexibility index (Phi) is 23.4. The summed E-state index contributed by atoms with van der Waals surface area (Å²) in [5, 5.41) is 17.7. The molecule has 0 heterocycles. The lowest BCUT2D eigenvalue weighted by molar-refractivity contribution is -0.140. The summed E-state index contributed by atoms with van der Waals surface area (Å²) in [5.74, 6) is -0.539. The number of carbonyl (C=O) groups is 2. The van der Waals surface area contributed by atoms with Crippen LogP contribution in [0, 0.1) is 0 Å². The van der Waals surface area contributed by atoms with Gasteiger partial charge in [-0.25, -0.2) is 4.79 Å². The summed E-state index contributed by atoms with van der Waals surface area (Å²) in [6.45, 7) is 10.7. The van der Waals surface area contributed by atoms with E-state index >= 15 is 0 Å². The third-order valence-electron chi connectivity index (χ3n) is 8.01. The Bertz CT molecular complexity index is 1500. The van der Waals surface area contributed by atoms with E-state index in [0.29, 0.717) is 141 Å². The lowest BCUT2D eigenvalue weighted by Gasteiger charge is -2.22. The first-order chi connectivity index (χ1) is 27.4. The molecule has 1 amide bonds. The number of ether oxygens (including phenoxy) is 10. The molecule has 0 spiro atoms. The van der Waals surface area contributed by atoms with Gasteiger partial charge in [-0.05, 0) is 48.2 Å². The fourth-order valence-corrected chi connectivity index (χ4v) is 5.41. The molecule has 310 valence electrons. The SMILES string of the molecule is CCOC(=O)C1=C(c2ccccc2)c2ccc(OCC(=O)NCCOCCOCCOCCOCCOCCOCCOCCOCCN=[N+]=[N-])cc2C1(C)O. The van der Waals surface area contributed by atoms with Crippen molar-refractivity contribution in [2.75, 3.05) is 132 Å². The number of hydrogen-bond donors (Lipinski definition) is 2. The van der Waals surface area contributed by atoms with Gasteiger partial charge in [-0.3, -0.25) is 4.79 Å². The summed E-state index contributed by atoms with van der Waals surface area (Å²) in [6, 6.07) is 14.5. The minimum Gasteiger partial charge on any atom is -0.484 e. The van der Waals surface area contributed by atoms with E-state index < -0.39 is 11.6 Å². The Balaban J connectivity index is 1.12. The van der Waals surface area contributed by atoms with E-state index in [4.69, 9.17) is 52.9 Å². The minimum atomic E-state index is -1.63. The van der Waals surface area contributed by atoms with Gasteiger partial charge in [-0.1, -0.05) is 41.5 Å². The van der Waals surface area contributed by atoms with E-state index in [-0.39, 0.29) is 24.7 Å². The van der Waals surface area contributed by atoms with Crippen molar-refractivity contribution in [1.29, 1.82) is 0 Å². The molecule has 17 heteroatoms. The topological polar surface area (TPSA) is 207 Å². The number of nitrogens with zero attached hydrogens (tertiary/aromatic N) is 3. The second-order valence-electron chi connectivity index (χ2n) is 12.1. The van der Waals surface area contributed by atoms with Crippen molar-refractivity contribution >= 4 is 17.4 Å². The normalized spacial score (nSPS) is 14.7. The average molecular weight is 789 g/mol. The highest BCUT2D eigenvalue weighted by atomic mass is 16.6. The second-order valence-corrected chi connectivity index (χ2v) is 12.1. The predicted octanol–water partition coefficient (Wildman–Crippen LogP) is 3.21. The van der Waals surface area contributed by atoms with Gasteiger partial charge in [-0.15, -0.1) is 0 Å². The number of azide groups is 1. The molecule has 2 aromatic carbocycles. The summed E-state index contributed by atoms with van der Waals surface area (Å²) in [7, 11) is 0. The largest absolute Gasteiger partial charge is 0.484 e. The Hall–Kier alpha value is -4.13. The first kappa shape index (κ1) is 46.3. The number of rotatable bonds is 33. The molecule has 1 aliphatic carbocycles. The van der Waals surface area contributed by atoms with Crippen molar-refractivity contribution in [3.8, 4) is 5.75 Å². The van der Waals surface area contributed by atoms with Gasteiger partial charge in [0, 0.05) is 23.6 Å². The molecule has 0 bridgehead atoms. The third-order valence-corrected chi connectivity index (χ3v) is 8.01. The minimum absolute atomic E-state index is 0.161. The Labute approximate surface area is 328 Å². The van der Waals surface area contributed by atoms with Crippen molar-refractivity contribution in [2.24, 2.45) is 5.11 Å². The van der Waals surface area contributed by atoms with E-state index in [2.05, 4.69) is 15.3 Å². The van der Waals surface area contributed by atoms with Gasteiger partial charge in [-0.2, -0.15) is 0 Å². The molecular weight excluding hydrogens is 732 g/mol. The van der Waals surface area contributed by atoms with Crippen LogP contribution in [0.1, 0.15) is 30.5 Å². The molecule has 0 radical (unpaired) electrons. The smallest absolute Gasteiger partial charge is 0.337 e. The molecule has 1 unspecified atom stereocenters. The van der Waals surface area contributed by atoms with Gasteiger partial charge in [0.25, 0.3) is 5.91 Å². The summed E-state index contributed by atoms with van der Waals surface area (Å²) < 4.78 is 54.5. The molecule has 0 saturated heterocycles. The van der Waals surface area contributed by atoms with E-state index in [1.54, 1.807) is 32.0 Å². The molecule has 0 saturated carbocycles. The zero-order chi connectivity index (χ0) is 40.1. The van der Waals surface area contributed by atoms with Crippen LogP contribution >= 0.6 is 0 Å². The van der Waals surface area contributed by atoms with Crippen molar-refractivity contribution in [3.05, 3.63) is 81.2 Å². The molecule has 3 rings (SSSR count). The van der Waals surface area contributed by atoms with Crippen molar-refractivity contribution < 1.29 is 62.1 Å². The Morgan fingerprint density at radius 3 is 1.73 bits per heavy atom. The summed E-state index contributed by atoms with van der Waals surface area (Å²) in [6.07, 6.45) is 0. The van der Waals surface area contributed by atoms with Crippen LogP contribution in [0.4, 0.5) is 0 Å². The molecule has 2 N–H and O–H groups in total. The third kappa shape index (κ3) is 17.3. The van der Waals surface area contributed by atoms with Gasteiger partial charge in [0.05, 0.1) is 118 Å². The maximum Gasteiger partial charge on any atom is 0.337 e. The van der Waals surface area contributed by atoms with Crippen LogP contribution in [0.15, 0.2) is 59.2 Å². The van der Waals surface area contributed by atoms with Crippen LogP contribution in [-0.4, -0.2) is 149 Å². The molecule has 17 nitrogen and oxygen atoms in total. The van der Waals surface area contributed by atoms with Gasteiger partial charge in [0.15, 0.2) is 6.61 Å². The Morgan fingerprint density at radius 1 is 0.732 bits per heavy atom. The molecule has 0 fully saturated rings. The summed E-state index contributed by atoms with van der Waals surface area (Å²) >= 11 is 0. The number of carbonyl (C=O) groups excluding carboxylic acids is 2. The van der Waals surface area contributed by atoms with Crippen LogP contribution < -0.4 is 10.1 Å². The molecule has 56 heavy (non-hydrogen) atoms. The van der Waals surface area contributed by atoms with Gasteiger partial charge in [0.1, 0.15) is 11.4 Å². The molecule has 1 atom stereocenters. The van der Waals surface area contributed by atoms with Crippen molar-refractivity contribution in [1.82, 2.24) is 5.32 Å². The van der Waals surface area contributed by atoms with Crippen LogP contribution in [-0.2, 0) is 57.8 Å². The van der Waals surface area contributed by atoms with Gasteiger partial charge >= 0.3 is 5.97 Å².